The Hall–Kier alpha value is -0.620. The standard InChI is InChI=1S/C11H19F7N2O2S/c1-8(10(14,15)16)7-9(12,13)11(17,18)23(21,22)19-5-4-6-20(2)3/h8,19H,4-7H2,1-3H3. The van der Waals surface area contributed by atoms with Crippen molar-refractivity contribution in [2.45, 2.75) is 37.1 Å². The number of nitrogens with zero attached hydrogens (tertiary/aromatic N) is 1. The predicted octanol–water partition coefficient (Wildman–Crippen LogP) is 2.67. The van der Waals surface area contributed by atoms with Gasteiger partial charge in [0.1, 0.15) is 0 Å². The van der Waals surface area contributed by atoms with Crippen LogP contribution in [-0.4, -0.2) is 57.9 Å². The molecule has 0 spiro atoms. The summed E-state index contributed by atoms with van der Waals surface area (Å²) in [4.78, 5) is 1.60. The van der Waals surface area contributed by atoms with E-state index < -0.39 is 46.3 Å². The van der Waals surface area contributed by atoms with Crippen LogP contribution in [0.4, 0.5) is 30.7 Å². The van der Waals surface area contributed by atoms with E-state index >= 15 is 0 Å². The van der Waals surface area contributed by atoms with Crippen LogP contribution in [0.5, 0.6) is 0 Å². The Morgan fingerprint density at radius 2 is 1.52 bits per heavy atom. The topological polar surface area (TPSA) is 49.4 Å². The van der Waals surface area contributed by atoms with Gasteiger partial charge in [-0.15, -0.1) is 0 Å². The average molecular weight is 376 g/mol. The van der Waals surface area contributed by atoms with Crippen molar-refractivity contribution in [3.05, 3.63) is 0 Å². The maximum absolute atomic E-state index is 13.5. The molecule has 0 radical (unpaired) electrons. The van der Waals surface area contributed by atoms with Gasteiger partial charge in [0, 0.05) is 13.0 Å². The second kappa shape index (κ2) is 7.51. The monoisotopic (exact) mass is 376 g/mol. The van der Waals surface area contributed by atoms with Crippen LogP contribution in [0.1, 0.15) is 19.8 Å². The van der Waals surface area contributed by atoms with Crippen molar-refractivity contribution in [2.75, 3.05) is 27.2 Å². The Labute approximate surface area is 130 Å². The van der Waals surface area contributed by atoms with Crippen LogP contribution in [0.15, 0.2) is 0 Å². The number of nitrogens with one attached hydrogen (secondary N) is 1. The van der Waals surface area contributed by atoms with E-state index in [1.54, 1.807) is 19.0 Å². The third-order valence-corrected chi connectivity index (χ3v) is 4.52. The van der Waals surface area contributed by atoms with Crippen LogP contribution in [-0.2, 0) is 10.0 Å². The van der Waals surface area contributed by atoms with Gasteiger partial charge in [-0.25, -0.2) is 13.1 Å². The van der Waals surface area contributed by atoms with Crippen molar-refractivity contribution in [3.63, 3.8) is 0 Å². The fourth-order valence-corrected chi connectivity index (χ4v) is 2.58. The van der Waals surface area contributed by atoms with Gasteiger partial charge < -0.3 is 4.90 Å². The zero-order valence-corrected chi connectivity index (χ0v) is 13.5. The molecule has 0 bridgehead atoms. The third-order valence-electron chi connectivity index (χ3n) is 2.96. The average Bonchev–Trinajstić information content (AvgIpc) is 2.32. The molecule has 0 aliphatic heterocycles. The summed E-state index contributed by atoms with van der Waals surface area (Å²) in [5, 5.41) is -5.66. The summed E-state index contributed by atoms with van der Waals surface area (Å²) in [5.74, 6) is -8.15. The number of rotatable bonds is 9. The minimum absolute atomic E-state index is 0.0623. The molecule has 1 unspecified atom stereocenters. The maximum atomic E-state index is 13.5. The summed E-state index contributed by atoms with van der Waals surface area (Å²) in [6.07, 6.45) is -7.41. The lowest BCUT2D eigenvalue weighted by Gasteiger charge is -2.29. The van der Waals surface area contributed by atoms with Gasteiger partial charge in [-0.2, -0.15) is 30.7 Å². The van der Waals surface area contributed by atoms with E-state index in [-0.39, 0.29) is 13.3 Å². The van der Waals surface area contributed by atoms with Crippen LogP contribution in [0.2, 0.25) is 0 Å². The molecular weight excluding hydrogens is 357 g/mol. The molecule has 0 aromatic rings. The maximum Gasteiger partial charge on any atom is 0.420 e. The van der Waals surface area contributed by atoms with Crippen LogP contribution in [0, 0.1) is 5.92 Å². The first-order chi connectivity index (χ1) is 10.0. The second-order valence-corrected chi connectivity index (χ2v) is 7.23. The highest BCUT2D eigenvalue weighted by Crippen LogP contribution is 2.45. The molecule has 0 aromatic carbocycles. The predicted molar refractivity (Wildman–Crippen MR) is 69.8 cm³/mol. The van der Waals surface area contributed by atoms with Gasteiger partial charge in [-0.1, -0.05) is 6.92 Å². The highest BCUT2D eigenvalue weighted by Gasteiger charge is 2.66. The second-order valence-electron chi connectivity index (χ2n) is 5.42. The molecule has 0 aliphatic rings. The molecule has 0 aromatic heterocycles. The normalized spacial score (nSPS) is 16.0. The summed E-state index contributed by atoms with van der Waals surface area (Å²) >= 11 is 0. The minimum atomic E-state index is -5.83. The highest BCUT2D eigenvalue weighted by molar-refractivity contribution is 7.90. The quantitative estimate of drug-likeness (QED) is 0.497. The van der Waals surface area contributed by atoms with Crippen LogP contribution in [0.3, 0.4) is 0 Å². The number of hydrogen-bond acceptors (Lipinski definition) is 3. The summed E-state index contributed by atoms with van der Waals surface area (Å²) < 4.78 is 115. The Bertz CT molecular complexity index is 477. The van der Waals surface area contributed by atoms with Crippen LogP contribution < -0.4 is 4.72 Å². The SMILES string of the molecule is CC(CC(F)(F)C(F)(F)S(=O)(=O)NCCCN(C)C)C(F)(F)F. The largest absolute Gasteiger partial charge is 0.420 e. The molecule has 140 valence electrons. The number of sulfonamides is 1. The molecule has 0 heterocycles. The van der Waals surface area contributed by atoms with E-state index in [4.69, 9.17) is 0 Å². The number of alkyl halides is 7. The highest BCUT2D eigenvalue weighted by atomic mass is 32.2. The van der Waals surface area contributed by atoms with Gasteiger partial charge in [0.15, 0.2) is 0 Å². The first kappa shape index (κ1) is 22.4. The van der Waals surface area contributed by atoms with Crippen molar-refractivity contribution >= 4 is 10.0 Å². The zero-order valence-electron chi connectivity index (χ0n) is 12.7. The Kier molecular flexibility index (Phi) is 7.31. The Morgan fingerprint density at radius 3 is 1.91 bits per heavy atom. The molecule has 23 heavy (non-hydrogen) atoms. The van der Waals surface area contributed by atoms with Crippen LogP contribution >= 0.6 is 0 Å². The molecule has 4 nitrogen and oxygen atoms in total. The number of hydrogen-bond donors (Lipinski definition) is 1. The summed E-state index contributed by atoms with van der Waals surface area (Å²) in [5.41, 5.74) is 0. The molecule has 0 rings (SSSR count). The van der Waals surface area contributed by atoms with Crippen molar-refractivity contribution in [1.82, 2.24) is 9.62 Å². The molecule has 0 amide bonds. The van der Waals surface area contributed by atoms with Gasteiger partial charge in [0.05, 0.1) is 5.92 Å². The molecule has 0 saturated carbocycles. The molecular formula is C11H19F7N2O2S. The lowest BCUT2D eigenvalue weighted by Crippen LogP contribution is -2.53. The van der Waals surface area contributed by atoms with E-state index in [0.717, 1.165) is 0 Å². The smallest absolute Gasteiger partial charge is 0.309 e. The lowest BCUT2D eigenvalue weighted by molar-refractivity contribution is -0.217. The van der Waals surface area contributed by atoms with Gasteiger partial charge in [0.25, 0.3) is 10.0 Å². The lowest BCUT2D eigenvalue weighted by atomic mass is 10.0. The Morgan fingerprint density at radius 1 is 1.04 bits per heavy atom. The van der Waals surface area contributed by atoms with Crippen molar-refractivity contribution < 1.29 is 39.2 Å². The van der Waals surface area contributed by atoms with Gasteiger partial charge in [-0.3, -0.25) is 0 Å². The van der Waals surface area contributed by atoms with Crippen molar-refractivity contribution in [3.8, 4) is 0 Å². The van der Waals surface area contributed by atoms with Gasteiger partial charge in [0.2, 0.25) is 0 Å². The molecule has 1 N–H and O–H groups in total. The van der Waals surface area contributed by atoms with E-state index in [0.29, 0.717) is 6.54 Å². The third kappa shape index (κ3) is 6.07. The van der Waals surface area contributed by atoms with Gasteiger partial charge >= 0.3 is 17.4 Å². The molecule has 0 saturated heterocycles. The van der Waals surface area contributed by atoms with Crippen molar-refractivity contribution in [2.24, 2.45) is 5.92 Å². The minimum Gasteiger partial charge on any atom is -0.309 e. The summed E-state index contributed by atoms with van der Waals surface area (Å²) in [6.45, 7) is 0.0394. The molecule has 0 aliphatic carbocycles. The zero-order chi connectivity index (χ0) is 18.7. The van der Waals surface area contributed by atoms with E-state index in [9.17, 15) is 39.2 Å². The first-order valence-corrected chi connectivity index (χ1v) is 7.99. The number of halogens is 7. The van der Waals surface area contributed by atoms with E-state index in [2.05, 4.69) is 0 Å². The first-order valence-electron chi connectivity index (χ1n) is 6.51. The molecule has 0 fully saturated rings. The fraction of sp³-hybridized carbons (Fsp3) is 1.00. The fourth-order valence-electron chi connectivity index (χ4n) is 1.51. The molecule has 1 atom stereocenters. The van der Waals surface area contributed by atoms with Crippen molar-refractivity contribution in [1.29, 1.82) is 0 Å². The summed E-state index contributed by atoms with van der Waals surface area (Å²) in [7, 11) is -2.58. The van der Waals surface area contributed by atoms with E-state index in [1.165, 1.54) is 4.72 Å². The summed E-state index contributed by atoms with van der Waals surface area (Å²) in [6, 6.07) is 0. The molecule has 12 heteroatoms. The van der Waals surface area contributed by atoms with Crippen LogP contribution in [0.25, 0.3) is 0 Å². The van der Waals surface area contributed by atoms with Gasteiger partial charge in [-0.05, 0) is 27.1 Å². The van der Waals surface area contributed by atoms with E-state index in [1.807, 2.05) is 0 Å². The Balaban J connectivity index is 5.04.